The summed E-state index contributed by atoms with van der Waals surface area (Å²) in [6.45, 7) is 0.590. The lowest BCUT2D eigenvalue weighted by Crippen LogP contribution is -2.17. The summed E-state index contributed by atoms with van der Waals surface area (Å²) in [6.07, 6.45) is 2.78. The van der Waals surface area contributed by atoms with Gasteiger partial charge in [-0.25, -0.2) is 0 Å². The fraction of sp³-hybridized carbons (Fsp3) is 0.750. The van der Waals surface area contributed by atoms with E-state index in [-0.39, 0.29) is 0 Å². The van der Waals surface area contributed by atoms with E-state index in [1.54, 1.807) is 0 Å². The second kappa shape index (κ2) is 6.79. The molecular weight excluding hydrogens is 158 g/mol. The molecule has 0 aliphatic heterocycles. The molecule has 70 valence electrons. The topological polar surface area (TPSA) is 69.4 Å². The molecule has 0 saturated carbocycles. The molecule has 4 nitrogen and oxygen atoms in total. The lowest BCUT2D eigenvalue weighted by molar-refractivity contribution is -0.147. The standard InChI is InChI=1S/C8H15NO3/c1-12-8(11)7(6-10)4-2-3-5-9/h6-7H,2-5,9H2,1H3. The van der Waals surface area contributed by atoms with Crippen LogP contribution in [0, 0.1) is 5.92 Å². The van der Waals surface area contributed by atoms with Gasteiger partial charge in [0.15, 0.2) is 0 Å². The second-order valence-corrected chi connectivity index (χ2v) is 2.55. The number of hydrogen-bond acceptors (Lipinski definition) is 4. The average molecular weight is 173 g/mol. The Balaban J connectivity index is 3.67. The number of ether oxygens (including phenoxy) is 1. The van der Waals surface area contributed by atoms with Gasteiger partial charge in [0.05, 0.1) is 7.11 Å². The van der Waals surface area contributed by atoms with Gasteiger partial charge in [-0.05, 0) is 19.4 Å². The Kier molecular flexibility index (Phi) is 6.28. The molecule has 2 N–H and O–H groups in total. The van der Waals surface area contributed by atoms with Gasteiger partial charge in [0.25, 0.3) is 0 Å². The number of methoxy groups -OCH3 is 1. The third-order valence-electron chi connectivity index (χ3n) is 1.64. The lowest BCUT2D eigenvalue weighted by Gasteiger charge is -2.06. The number of hydrogen-bond donors (Lipinski definition) is 1. The van der Waals surface area contributed by atoms with Gasteiger partial charge in [-0.1, -0.05) is 6.42 Å². The van der Waals surface area contributed by atoms with Crippen molar-refractivity contribution >= 4 is 12.3 Å². The van der Waals surface area contributed by atoms with Gasteiger partial charge in [-0.3, -0.25) is 4.79 Å². The van der Waals surface area contributed by atoms with E-state index in [2.05, 4.69) is 4.74 Å². The first-order valence-electron chi connectivity index (χ1n) is 3.99. The predicted octanol–water partition coefficient (Wildman–Crippen LogP) is 0.103. The van der Waals surface area contributed by atoms with E-state index in [1.165, 1.54) is 7.11 Å². The van der Waals surface area contributed by atoms with Crippen LogP contribution >= 0.6 is 0 Å². The number of carbonyl (C=O) groups excluding carboxylic acids is 2. The highest BCUT2D eigenvalue weighted by Gasteiger charge is 2.16. The van der Waals surface area contributed by atoms with Crippen LogP contribution < -0.4 is 5.73 Å². The molecule has 1 atom stereocenters. The third-order valence-corrected chi connectivity index (χ3v) is 1.64. The molecule has 0 aliphatic rings. The Morgan fingerprint density at radius 2 is 2.25 bits per heavy atom. The van der Waals surface area contributed by atoms with Gasteiger partial charge in [0.2, 0.25) is 0 Å². The van der Waals surface area contributed by atoms with Crippen LogP contribution in [-0.2, 0) is 14.3 Å². The predicted molar refractivity (Wildman–Crippen MR) is 44.5 cm³/mol. The van der Waals surface area contributed by atoms with Crippen LogP contribution in [0.4, 0.5) is 0 Å². The van der Waals surface area contributed by atoms with Gasteiger partial charge in [0.1, 0.15) is 12.2 Å². The number of unbranched alkanes of at least 4 members (excludes halogenated alkanes) is 1. The molecule has 0 radical (unpaired) electrons. The molecule has 0 aromatic heterocycles. The van der Waals surface area contributed by atoms with E-state index in [1.807, 2.05) is 0 Å². The summed E-state index contributed by atoms with van der Waals surface area (Å²) >= 11 is 0. The number of rotatable bonds is 6. The van der Waals surface area contributed by atoms with Crippen molar-refractivity contribution in [2.45, 2.75) is 19.3 Å². The molecule has 0 fully saturated rings. The molecule has 0 heterocycles. The fourth-order valence-corrected chi connectivity index (χ4v) is 0.901. The van der Waals surface area contributed by atoms with Gasteiger partial charge >= 0.3 is 5.97 Å². The van der Waals surface area contributed by atoms with Crippen LogP contribution in [-0.4, -0.2) is 25.9 Å². The van der Waals surface area contributed by atoms with Crippen LogP contribution in [0.2, 0.25) is 0 Å². The Morgan fingerprint density at radius 1 is 1.58 bits per heavy atom. The number of carbonyl (C=O) groups is 2. The van der Waals surface area contributed by atoms with Crippen molar-refractivity contribution in [2.75, 3.05) is 13.7 Å². The van der Waals surface area contributed by atoms with Crippen molar-refractivity contribution in [3.63, 3.8) is 0 Å². The Morgan fingerprint density at radius 3 is 2.67 bits per heavy atom. The number of aldehydes is 1. The van der Waals surface area contributed by atoms with Crippen molar-refractivity contribution in [1.82, 2.24) is 0 Å². The van der Waals surface area contributed by atoms with E-state index in [0.29, 0.717) is 19.3 Å². The van der Waals surface area contributed by atoms with Crippen LogP contribution in [0.25, 0.3) is 0 Å². The number of nitrogens with two attached hydrogens (primary N) is 1. The van der Waals surface area contributed by atoms with Crippen LogP contribution in [0.5, 0.6) is 0 Å². The molecule has 0 aromatic carbocycles. The molecule has 0 bridgehead atoms. The maximum absolute atomic E-state index is 10.9. The maximum atomic E-state index is 10.9. The summed E-state index contributed by atoms with van der Waals surface area (Å²) in [5.41, 5.74) is 5.26. The fourth-order valence-electron chi connectivity index (χ4n) is 0.901. The normalized spacial score (nSPS) is 12.2. The summed E-state index contributed by atoms with van der Waals surface area (Å²) in [5.74, 6) is -1.07. The first-order chi connectivity index (χ1) is 5.76. The summed E-state index contributed by atoms with van der Waals surface area (Å²) in [6, 6.07) is 0. The minimum atomic E-state index is -0.610. The van der Waals surface area contributed by atoms with Crippen molar-refractivity contribution in [1.29, 1.82) is 0 Å². The van der Waals surface area contributed by atoms with Crippen LogP contribution in [0.1, 0.15) is 19.3 Å². The third kappa shape index (κ3) is 4.08. The zero-order valence-corrected chi connectivity index (χ0v) is 7.29. The minimum Gasteiger partial charge on any atom is -0.468 e. The number of esters is 1. The zero-order chi connectivity index (χ0) is 9.40. The summed E-state index contributed by atoms with van der Waals surface area (Å²) in [5, 5.41) is 0. The van der Waals surface area contributed by atoms with Gasteiger partial charge in [0, 0.05) is 0 Å². The molecule has 0 spiro atoms. The maximum Gasteiger partial charge on any atom is 0.315 e. The second-order valence-electron chi connectivity index (χ2n) is 2.55. The summed E-state index contributed by atoms with van der Waals surface area (Å²) in [4.78, 5) is 21.2. The lowest BCUT2D eigenvalue weighted by atomic mass is 10.0. The molecule has 4 heteroatoms. The first kappa shape index (κ1) is 11.1. The Bertz CT molecular complexity index is 147. The Hall–Kier alpha value is -0.900. The Labute approximate surface area is 72.1 Å². The van der Waals surface area contributed by atoms with E-state index >= 15 is 0 Å². The highest BCUT2D eigenvalue weighted by atomic mass is 16.5. The zero-order valence-electron chi connectivity index (χ0n) is 7.29. The SMILES string of the molecule is COC(=O)C(C=O)CCCCN. The van der Waals surface area contributed by atoms with Gasteiger partial charge in [-0.2, -0.15) is 0 Å². The van der Waals surface area contributed by atoms with Crippen LogP contribution in [0.3, 0.4) is 0 Å². The van der Waals surface area contributed by atoms with Crippen molar-refractivity contribution in [2.24, 2.45) is 11.7 Å². The van der Waals surface area contributed by atoms with E-state index in [9.17, 15) is 9.59 Å². The molecule has 0 rings (SSSR count). The summed E-state index contributed by atoms with van der Waals surface area (Å²) in [7, 11) is 1.28. The molecular formula is C8H15NO3. The largest absolute Gasteiger partial charge is 0.468 e. The monoisotopic (exact) mass is 173 g/mol. The molecule has 0 aromatic rings. The highest BCUT2D eigenvalue weighted by molar-refractivity contribution is 5.87. The molecule has 12 heavy (non-hydrogen) atoms. The van der Waals surface area contributed by atoms with E-state index < -0.39 is 11.9 Å². The highest BCUT2D eigenvalue weighted by Crippen LogP contribution is 2.06. The van der Waals surface area contributed by atoms with Crippen molar-refractivity contribution in [3.8, 4) is 0 Å². The quantitative estimate of drug-likeness (QED) is 0.268. The smallest absolute Gasteiger partial charge is 0.315 e. The van der Waals surface area contributed by atoms with E-state index in [4.69, 9.17) is 5.73 Å². The molecule has 0 saturated heterocycles. The van der Waals surface area contributed by atoms with E-state index in [0.717, 1.165) is 12.8 Å². The first-order valence-corrected chi connectivity index (χ1v) is 3.99. The molecule has 0 amide bonds. The van der Waals surface area contributed by atoms with Crippen molar-refractivity contribution in [3.05, 3.63) is 0 Å². The molecule has 1 unspecified atom stereocenters. The van der Waals surface area contributed by atoms with Crippen LogP contribution in [0.15, 0.2) is 0 Å². The minimum absolute atomic E-state index is 0.456. The van der Waals surface area contributed by atoms with Gasteiger partial charge in [-0.15, -0.1) is 0 Å². The molecule has 0 aliphatic carbocycles. The average Bonchev–Trinajstić information content (AvgIpc) is 2.11. The summed E-state index contributed by atoms with van der Waals surface area (Å²) < 4.78 is 4.43. The van der Waals surface area contributed by atoms with Crippen molar-refractivity contribution < 1.29 is 14.3 Å². The van der Waals surface area contributed by atoms with Gasteiger partial charge < -0.3 is 15.3 Å².